The fourth-order valence-corrected chi connectivity index (χ4v) is 5.42. The van der Waals surface area contributed by atoms with Crippen LogP contribution in [0.5, 0.6) is 0 Å². The molecule has 0 saturated heterocycles. The number of para-hydroxylation sites is 1. The number of hydrogen-bond donors (Lipinski definition) is 1. The highest BCUT2D eigenvalue weighted by molar-refractivity contribution is 7.78. The molecule has 0 spiro atoms. The minimum Gasteiger partial charge on any atom is -0.358 e. The Morgan fingerprint density at radius 1 is 1.33 bits per heavy atom. The van der Waals surface area contributed by atoms with Crippen molar-refractivity contribution in [2.24, 2.45) is 16.3 Å². The molecule has 4 atom stereocenters. The summed E-state index contributed by atoms with van der Waals surface area (Å²) in [6.07, 6.45) is 4.39. The van der Waals surface area contributed by atoms with E-state index in [1.54, 1.807) is 0 Å². The van der Waals surface area contributed by atoms with Crippen molar-refractivity contribution < 1.29 is 0 Å². The first kappa shape index (κ1) is 15.8. The van der Waals surface area contributed by atoms with E-state index in [0.717, 1.165) is 6.42 Å². The van der Waals surface area contributed by atoms with Gasteiger partial charge in [-0.25, -0.2) is 4.99 Å². The molecule has 0 unspecified atom stereocenters. The highest BCUT2D eigenvalue weighted by Gasteiger charge is 2.57. The normalized spacial score (nSPS) is 33.5. The average molecular weight is 337 g/mol. The maximum atomic E-state index is 5.02. The molecule has 2 aliphatic carbocycles. The summed E-state index contributed by atoms with van der Waals surface area (Å²) in [5, 5.41) is 4.03. The van der Waals surface area contributed by atoms with Crippen LogP contribution in [0.25, 0.3) is 10.9 Å². The molecule has 0 radical (unpaired) electrons. The predicted octanol–water partition coefficient (Wildman–Crippen LogP) is 5.62. The summed E-state index contributed by atoms with van der Waals surface area (Å²) in [7, 11) is 0. The summed E-state index contributed by atoms with van der Waals surface area (Å²) in [5.74, 6) is 0.951. The highest BCUT2D eigenvalue weighted by atomic mass is 32.1. The van der Waals surface area contributed by atoms with E-state index in [9.17, 15) is 0 Å². The van der Waals surface area contributed by atoms with E-state index in [2.05, 4.69) is 72.8 Å². The highest BCUT2D eigenvalue weighted by Crippen LogP contribution is 2.62. The van der Waals surface area contributed by atoms with Crippen LogP contribution in [0.1, 0.15) is 50.8 Å². The fraction of sp³-hybridized carbons (Fsp3) is 0.476. The molecule has 3 heteroatoms. The molecular formula is C21H24N2S. The lowest BCUT2D eigenvalue weighted by molar-refractivity contribution is 0.126. The number of aromatic amines is 1. The number of fused-ring (bicyclic) bond motifs is 5. The first-order valence-corrected chi connectivity index (χ1v) is 9.16. The summed E-state index contributed by atoms with van der Waals surface area (Å²) >= 11 is 5.02. The summed E-state index contributed by atoms with van der Waals surface area (Å²) in [6, 6.07) is 8.75. The topological polar surface area (TPSA) is 28.1 Å². The molecule has 2 nitrogen and oxygen atoms in total. The van der Waals surface area contributed by atoms with Gasteiger partial charge in [0.2, 0.25) is 0 Å². The van der Waals surface area contributed by atoms with Crippen LogP contribution < -0.4 is 0 Å². The van der Waals surface area contributed by atoms with Gasteiger partial charge >= 0.3 is 0 Å². The third-order valence-corrected chi connectivity index (χ3v) is 6.86. The molecule has 0 bridgehead atoms. The van der Waals surface area contributed by atoms with Crippen molar-refractivity contribution in [3.8, 4) is 0 Å². The number of hydrogen-bond acceptors (Lipinski definition) is 2. The van der Waals surface area contributed by atoms with Crippen LogP contribution in [0.3, 0.4) is 0 Å². The SMILES string of the molecule is C=C[C@]1(C)CC[C@H]2[C@@H](c3c([nH]c4ccccc34)C2(C)C)[C@H]1N=C=S. The van der Waals surface area contributed by atoms with Crippen molar-refractivity contribution in [2.45, 2.75) is 51.0 Å². The van der Waals surface area contributed by atoms with Crippen LogP contribution in [0.4, 0.5) is 0 Å². The van der Waals surface area contributed by atoms with Crippen molar-refractivity contribution in [3.05, 3.63) is 48.2 Å². The number of H-pyrrole nitrogens is 1. The molecular weight excluding hydrogens is 312 g/mol. The summed E-state index contributed by atoms with van der Waals surface area (Å²) in [5.41, 5.74) is 4.16. The van der Waals surface area contributed by atoms with Gasteiger partial charge in [-0.15, -0.1) is 6.58 Å². The van der Waals surface area contributed by atoms with Gasteiger partial charge < -0.3 is 4.98 Å². The number of aliphatic imine (C=N–C) groups is 1. The van der Waals surface area contributed by atoms with Gasteiger partial charge in [0.15, 0.2) is 0 Å². The van der Waals surface area contributed by atoms with Crippen molar-refractivity contribution in [1.82, 2.24) is 4.98 Å². The fourth-order valence-electron chi connectivity index (χ4n) is 5.30. The Morgan fingerprint density at radius 2 is 2.08 bits per heavy atom. The maximum absolute atomic E-state index is 5.02. The van der Waals surface area contributed by atoms with E-state index in [1.807, 2.05) is 0 Å². The molecule has 124 valence electrons. The molecule has 1 heterocycles. The zero-order valence-electron chi connectivity index (χ0n) is 14.6. The Bertz CT molecular complexity index is 871. The lowest BCUT2D eigenvalue weighted by atomic mass is 9.59. The minimum absolute atomic E-state index is 0.0248. The number of benzene rings is 1. The van der Waals surface area contributed by atoms with E-state index < -0.39 is 0 Å². The minimum atomic E-state index is -0.0248. The molecule has 1 saturated carbocycles. The van der Waals surface area contributed by atoms with Gasteiger partial charge in [0.05, 0.1) is 11.2 Å². The molecule has 2 aliphatic rings. The van der Waals surface area contributed by atoms with E-state index >= 15 is 0 Å². The Labute approximate surface area is 149 Å². The Hall–Kier alpha value is -1.70. The molecule has 0 aliphatic heterocycles. The maximum Gasteiger partial charge on any atom is 0.0762 e. The van der Waals surface area contributed by atoms with Gasteiger partial charge in [-0.1, -0.05) is 45.0 Å². The quantitative estimate of drug-likeness (QED) is 0.430. The van der Waals surface area contributed by atoms with Gasteiger partial charge in [-0.05, 0) is 42.6 Å². The number of rotatable bonds is 2. The molecule has 1 fully saturated rings. The number of aromatic nitrogens is 1. The second-order valence-corrected chi connectivity index (χ2v) is 8.41. The first-order chi connectivity index (χ1) is 11.4. The summed E-state index contributed by atoms with van der Waals surface area (Å²) < 4.78 is 0. The molecule has 2 aromatic rings. The largest absolute Gasteiger partial charge is 0.358 e. The molecule has 0 amide bonds. The third-order valence-electron chi connectivity index (χ3n) is 6.75. The standard InChI is InChI=1S/C21H24N2S/c1-5-21(4)11-10-14-17(19(21)22-12-24)16-13-8-6-7-9-15(13)23-18(16)20(14,2)3/h5-9,14,17,19,23H,1,10-11H2,2-4H3/t14-,17-,19+,21+/m0/s1. The second kappa shape index (κ2) is 5.15. The molecule has 1 N–H and O–H groups in total. The van der Waals surface area contributed by atoms with Crippen molar-refractivity contribution in [3.63, 3.8) is 0 Å². The zero-order valence-corrected chi connectivity index (χ0v) is 15.4. The van der Waals surface area contributed by atoms with Crippen molar-refractivity contribution in [1.29, 1.82) is 0 Å². The average Bonchev–Trinajstić information content (AvgIpc) is 3.05. The lowest BCUT2D eigenvalue weighted by Crippen LogP contribution is -2.44. The molecule has 24 heavy (non-hydrogen) atoms. The van der Waals surface area contributed by atoms with Gasteiger partial charge in [0.25, 0.3) is 0 Å². The van der Waals surface area contributed by atoms with Gasteiger partial charge in [-0.2, -0.15) is 0 Å². The van der Waals surface area contributed by atoms with Gasteiger partial charge in [0.1, 0.15) is 0 Å². The van der Waals surface area contributed by atoms with Crippen molar-refractivity contribution in [2.75, 3.05) is 0 Å². The van der Waals surface area contributed by atoms with Crippen LogP contribution in [0.15, 0.2) is 41.9 Å². The van der Waals surface area contributed by atoms with E-state index in [0.29, 0.717) is 11.8 Å². The number of thiocarbonyl (C=S) groups is 1. The zero-order chi connectivity index (χ0) is 17.1. The Morgan fingerprint density at radius 3 is 2.79 bits per heavy atom. The molecule has 4 rings (SSSR count). The van der Waals surface area contributed by atoms with E-state index in [1.165, 1.54) is 28.6 Å². The molecule has 1 aromatic carbocycles. The lowest BCUT2D eigenvalue weighted by Gasteiger charge is -2.46. The Kier molecular flexibility index (Phi) is 3.39. The van der Waals surface area contributed by atoms with Crippen LogP contribution in [0, 0.1) is 11.3 Å². The van der Waals surface area contributed by atoms with Crippen LogP contribution >= 0.6 is 12.2 Å². The van der Waals surface area contributed by atoms with E-state index in [4.69, 9.17) is 12.2 Å². The summed E-state index contributed by atoms with van der Waals surface area (Å²) in [4.78, 5) is 8.40. The van der Waals surface area contributed by atoms with Crippen LogP contribution in [-0.2, 0) is 5.41 Å². The third kappa shape index (κ3) is 1.89. The second-order valence-electron chi connectivity index (χ2n) is 8.23. The first-order valence-electron chi connectivity index (χ1n) is 8.75. The van der Waals surface area contributed by atoms with Crippen LogP contribution in [-0.4, -0.2) is 16.2 Å². The van der Waals surface area contributed by atoms with Crippen LogP contribution in [0.2, 0.25) is 0 Å². The molecule has 1 aromatic heterocycles. The smallest absolute Gasteiger partial charge is 0.0762 e. The number of nitrogens with one attached hydrogen (secondary N) is 1. The number of nitrogens with zero attached hydrogens (tertiary/aromatic N) is 1. The summed E-state index contributed by atoms with van der Waals surface area (Å²) in [6.45, 7) is 11.1. The monoisotopic (exact) mass is 336 g/mol. The Balaban J connectivity index is 2.00. The van der Waals surface area contributed by atoms with E-state index in [-0.39, 0.29) is 16.9 Å². The number of isothiocyanates is 1. The van der Waals surface area contributed by atoms with Crippen molar-refractivity contribution >= 4 is 28.3 Å². The van der Waals surface area contributed by atoms with Gasteiger partial charge in [0, 0.05) is 33.3 Å². The predicted molar refractivity (Wildman–Crippen MR) is 104 cm³/mol. The van der Waals surface area contributed by atoms with Gasteiger partial charge in [-0.3, -0.25) is 0 Å².